The summed E-state index contributed by atoms with van der Waals surface area (Å²) in [6.07, 6.45) is 1.40. The smallest absolute Gasteiger partial charge is 0.159 e. The highest BCUT2D eigenvalue weighted by molar-refractivity contribution is 9.10. The Morgan fingerprint density at radius 2 is 1.93 bits per heavy atom. The third kappa shape index (κ3) is 3.03. The monoisotopic (exact) mass is 263 g/mol. The summed E-state index contributed by atoms with van der Waals surface area (Å²) in [4.78, 5) is 0. The summed E-state index contributed by atoms with van der Waals surface area (Å²) < 4.78 is 26.2. The Labute approximate surface area is 90.4 Å². The van der Waals surface area contributed by atoms with Gasteiger partial charge < -0.3 is 5.73 Å². The van der Waals surface area contributed by atoms with Crippen LogP contribution in [0.5, 0.6) is 0 Å². The van der Waals surface area contributed by atoms with E-state index in [2.05, 4.69) is 15.9 Å². The third-order valence-corrected chi connectivity index (χ3v) is 2.70. The Bertz CT molecular complexity index is 326. The van der Waals surface area contributed by atoms with Gasteiger partial charge in [-0.3, -0.25) is 0 Å². The second kappa shape index (κ2) is 4.84. The van der Waals surface area contributed by atoms with Gasteiger partial charge in [-0.2, -0.15) is 0 Å². The highest BCUT2D eigenvalue weighted by Gasteiger charge is 2.08. The summed E-state index contributed by atoms with van der Waals surface area (Å²) in [7, 11) is 0. The summed E-state index contributed by atoms with van der Waals surface area (Å²) in [6, 6.07) is 2.42. The van der Waals surface area contributed by atoms with Gasteiger partial charge in [0.2, 0.25) is 0 Å². The second-order valence-electron chi connectivity index (χ2n) is 3.37. The van der Waals surface area contributed by atoms with Crippen molar-refractivity contribution in [3.63, 3.8) is 0 Å². The molecule has 4 heteroatoms. The molecule has 0 spiro atoms. The van der Waals surface area contributed by atoms with Crippen molar-refractivity contribution in [1.82, 2.24) is 0 Å². The molecule has 0 aliphatic carbocycles. The topological polar surface area (TPSA) is 26.0 Å². The average Bonchev–Trinajstić information content (AvgIpc) is 2.09. The van der Waals surface area contributed by atoms with Gasteiger partial charge in [0.05, 0.1) is 0 Å². The third-order valence-electron chi connectivity index (χ3n) is 1.96. The van der Waals surface area contributed by atoms with E-state index in [-0.39, 0.29) is 6.04 Å². The van der Waals surface area contributed by atoms with Gasteiger partial charge in [0, 0.05) is 10.5 Å². The molecule has 2 N–H and O–H groups in total. The summed E-state index contributed by atoms with van der Waals surface area (Å²) in [5.41, 5.74) is 6.33. The van der Waals surface area contributed by atoms with Crippen LogP contribution in [0.1, 0.15) is 18.9 Å². The van der Waals surface area contributed by atoms with E-state index in [1.54, 1.807) is 0 Å². The van der Waals surface area contributed by atoms with E-state index in [4.69, 9.17) is 5.73 Å². The van der Waals surface area contributed by atoms with Crippen LogP contribution in [0.4, 0.5) is 8.78 Å². The lowest BCUT2D eigenvalue weighted by Gasteiger charge is -2.07. The Morgan fingerprint density at radius 1 is 1.36 bits per heavy atom. The first-order chi connectivity index (χ1) is 6.50. The molecule has 0 aliphatic heterocycles. The minimum absolute atomic E-state index is 0.0648. The second-order valence-corrected chi connectivity index (χ2v) is 4.23. The van der Waals surface area contributed by atoms with Crippen molar-refractivity contribution in [3.8, 4) is 0 Å². The zero-order chi connectivity index (χ0) is 10.7. The van der Waals surface area contributed by atoms with Gasteiger partial charge >= 0.3 is 0 Å². The zero-order valence-corrected chi connectivity index (χ0v) is 9.44. The van der Waals surface area contributed by atoms with Crippen LogP contribution in [0, 0.1) is 11.6 Å². The van der Waals surface area contributed by atoms with Crippen LogP contribution < -0.4 is 5.73 Å². The quantitative estimate of drug-likeness (QED) is 0.834. The van der Waals surface area contributed by atoms with Crippen molar-refractivity contribution in [2.45, 2.75) is 25.8 Å². The van der Waals surface area contributed by atoms with E-state index < -0.39 is 11.6 Å². The van der Waals surface area contributed by atoms with E-state index >= 15 is 0 Å². The Hall–Kier alpha value is -0.480. The van der Waals surface area contributed by atoms with Crippen LogP contribution >= 0.6 is 15.9 Å². The molecule has 1 aromatic carbocycles. The van der Waals surface area contributed by atoms with Crippen LogP contribution in [-0.2, 0) is 6.42 Å². The number of aryl methyl sites for hydroxylation is 1. The normalized spacial score (nSPS) is 12.9. The molecule has 0 saturated carbocycles. The van der Waals surface area contributed by atoms with Crippen molar-refractivity contribution >= 4 is 15.9 Å². The summed E-state index contributed by atoms with van der Waals surface area (Å²) in [5, 5.41) is 0. The number of nitrogens with two attached hydrogens (primary N) is 1. The molecular formula is C10H12BrF2N. The molecule has 1 rings (SSSR count). The van der Waals surface area contributed by atoms with E-state index in [0.717, 1.165) is 18.1 Å². The maximum absolute atomic E-state index is 12.9. The fraction of sp³-hybridized carbons (Fsp3) is 0.400. The zero-order valence-electron chi connectivity index (χ0n) is 7.86. The van der Waals surface area contributed by atoms with Gasteiger partial charge in [-0.05, 0) is 37.5 Å². The van der Waals surface area contributed by atoms with Crippen molar-refractivity contribution in [2.24, 2.45) is 5.73 Å². The maximum atomic E-state index is 12.9. The first-order valence-corrected chi connectivity index (χ1v) is 5.19. The Kier molecular flexibility index (Phi) is 4.01. The predicted octanol–water partition coefficient (Wildman–Crippen LogP) is 3.01. The van der Waals surface area contributed by atoms with E-state index in [9.17, 15) is 8.78 Å². The lowest BCUT2D eigenvalue weighted by Crippen LogP contribution is -2.15. The molecule has 0 aromatic heterocycles. The van der Waals surface area contributed by atoms with E-state index in [1.165, 1.54) is 6.07 Å². The van der Waals surface area contributed by atoms with Gasteiger partial charge in [0.1, 0.15) is 0 Å². The van der Waals surface area contributed by atoms with E-state index in [0.29, 0.717) is 10.9 Å². The van der Waals surface area contributed by atoms with Crippen molar-refractivity contribution in [2.75, 3.05) is 0 Å². The molecular weight excluding hydrogens is 252 g/mol. The SMILES string of the molecule is C[C@@H](N)CCc1cc(F)c(F)cc1Br. The van der Waals surface area contributed by atoms with Crippen molar-refractivity contribution in [3.05, 3.63) is 33.8 Å². The van der Waals surface area contributed by atoms with E-state index in [1.807, 2.05) is 6.92 Å². The van der Waals surface area contributed by atoms with Crippen LogP contribution in [0.15, 0.2) is 16.6 Å². The molecule has 78 valence electrons. The van der Waals surface area contributed by atoms with Crippen molar-refractivity contribution < 1.29 is 8.78 Å². The number of hydrogen-bond donors (Lipinski definition) is 1. The molecule has 14 heavy (non-hydrogen) atoms. The first-order valence-electron chi connectivity index (χ1n) is 4.39. The number of rotatable bonds is 3. The van der Waals surface area contributed by atoms with Crippen LogP contribution in [0.3, 0.4) is 0 Å². The van der Waals surface area contributed by atoms with Crippen LogP contribution in [0.25, 0.3) is 0 Å². The molecule has 1 aromatic rings. The maximum Gasteiger partial charge on any atom is 0.159 e. The standard InChI is InChI=1S/C10H12BrF2N/c1-6(14)2-3-7-4-9(12)10(13)5-8(7)11/h4-6H,2-3,14H2,1H3/t6-/m1/s1. The van der Waals surface area contributed by atoms with Gasteiger partial charge in [-0.25, -0.2) is 8.78 Å². The minimum Gasteiger partial charge on any atom is -0.328 e. The van der Waals surface area contributed by atoms with Crippen molar-refractivity contribution in [1.29, 1.82) is 0 Å². The Balaban J connectivity index is 2.82. The van der Waals surface area contributed by atoms with Gasteiger partial charge in [-0.15, -0.1) is 0 Å². The number of halogens is 3. The fourth-order valence-electron chi connectivity index (χ4n) is 1.14. The lowest BCUT2D eigenvalue weighted by molar-refractivity contribution is 0.505. The minimum atomic E-state index is -0.832. The largest absolute Gasteiger partial charge is 0.328 e. The van der Waals surface area contributed by atoms with Crippen LogP contribution in [-0.4, -0.2) is 6.04 Å². The number of benzene rings is 1. The molecule has 0 aliphatic rings. The molecule has 1 atom stereocenters. The highest BCUT2D eigenvalue weighted by atomic mass is 79.9. The molecule has 0 fully saturated rings. The lowest BCUT2D eigenvalue weighted by atomic mass is 10.1. The molecule has 0 amide bonds. The van der Waals surface area contributed by atoms with Gasteiger partial charge in [-0.1, -0.05) is 15.9 Å². The predicted molar refractivity (Wildman–Crippen MR) is 56.0 cm³/mol. The molecule has 0 saturated heterocycles. The highest BCUT2D eigenvalue weighted by Crippen LogP contribution is 2.22. The van der Waals surface area contributed by atoms with Crippen LogP contribution in [0.2, 0.25) is 0 Å². The number of hydrogen-bond acceptors (Lipinski definition) is 1. The molecule has 1 nitrogen and oxygen atoms in total. The Morgan fingerprint density at radius 3 is 2.50 bits per heavy atom. The molecule has 0 unspecified atom stereocenters. The summed E-state index contributed by atoms with van der Waals surface area (Å²) in [5.74, 6) is -1.64. The average molecular weight is 264 g/mol. The molecule has 0 bridgehead atoms. The van der Waals surface area contributed by atoms with Gasteiger partial charge in [0.15, 0.2) is 11.6 Å². The molecule has 0 radical (unpaired) electrons. The fourth-order valence-corrected chi connectivity index (χ4v) is 1.65. The molecule has 0 heterocycles. The first kappa shape index (κ1) is 11.6. The van der Waals surface area contributed by atoms with Gasteiger partial charge in [0.25, 0.3) is 0 Å². The summed E-state index contributed by atoms with van der Waals surface area (Å²) >= 11 is 3.18. The summed E-state index contributed by atoms with van der Waals surface area (Å²) in [6.45, 7) is 1.88.